The predicted molar refractivity (Wildman–Crippen MR) is 72.2 cm³/mol. The summed E-state index contributed by atoms with van der Waals surface area (Å²) >= 11 is 0. The Morgan fingerprint density at radius 3 is 2.67 bits per heavy atom. The van der Waals surface area contributed by atoms with Crippen molar-refractivity contribution in [2.75, 3.05) is 52.2 Å². The fourth-order valence-corrected chi connectivity index (χ4v) is 3.25. The number of hydrogen-bond acceptors (Lipinski definition) is 5. The molecule has 18 heavy (non-hydrogen) atoms. The summed E-state index contributed by atoms with van der Waals surface area (Å²) < 4.78 is 31.3. The molecule has 7 heteroatoms. The van der Waals surface area contributed by atoms with Gasteiger partial charge in [-0.25, -0.2) is 13.1 Å². The van der Waals surface area contributed by atoms with Crippen molar-refractivity contribution >= 4 is 10.0 Å². The summed E-state index contributed by atoms with van der Waals surface area (Å²) in [5, 5.41) is 3.25. The van der Waals surface area contributed by atoms with Gasteiger partial charge in [-0.05, 0) is 13.3 Å². The van der Waals surface area contributed by atoms with E-state index in [-0.39, 0.29) is 11.8 Å². The van der Waals surface area contributed by atoms with E-state index in [4.69, 9.17) is 4.74 Å². The number of nitrogens with one attached hydrogen (secondary N) is 2. The zero-order valence-corrected chi connectivity index (χ0v) is 12.1. The van der Waals surface area contributed by atoms with Crippen molar-refractivity contribution < 1.29 is 13.2 Å². The highest BCUT2D eigenvalue weighted by molar-refractivity contribution is 7.89. The van der Waals surface area contributed by atoms with E-state index < -0.39 is 10.0 Å². The lowest BCUT2D eigenvalue weighted by Crippen LogP contribution is -2.46. The first-order valence-electron chi connectivity index (χ1n) is 6.45. The maximum absolute atomic E-state index is 11.9. The number of hydrogen-bond donors (Lipinski definition) is 2. The highest BCUT2D eigenvalue weighted by atomic mass is 32.2. The van der Waals surface area contributed by atoms with Crippen LogP contribution >= 0.6 is 0 Å². The third-order valence-corrected chi connectivity index (χ3v) is 4.50. The SMILES string of the molecule is COCCC(C)NS(=O)(=O)CCN1CCNCC1. The molecular formula is C11H25N3O3S. The van der Waals surface area contributed by atoms with Crippen LogP contribution in [0.1, 0.15) is 13.3 Å². The molecule has 1 atom stereocenters. The minimum Gasteiger partial charge on any atom is -0.385 e. The highest BCUT2D eigenvalue weighted by Gasteiger charge is 2.17. The van der Waals surface area contributed by atoms with Gasteiger partial charge >= 0.3 is 0 Å². The summed E-state index contributed by atoms with van der Waals surface area (Å²) in [6.45, 7) is 6.77. The highest BCUT2D eigenvalue weighted by Crippen LogP contribution is 1.98. The molecule has 0 amide bonds. The summed E-state index contributed by atoms with van der Waals surface area (Å²) in [7, 11) is -1.56. The molecule has 6 nitrogen and oxygen atoms in total. The maximum atomic E-state index is 11.9. The number of methoxy groups -OCH3 is 1. The van der Waals surface area contributed by atoms with Crippen molar-refractivity contribution in [3.8, 4) is 0 Å². The van der Waals surface area contributed by atoms with E-state index in [1.807, 2.05) is 6.92 Å². The van der Waals surface area contributed by atoms with Crippen LogP contribution in [0.25, 0.3) is 0 Å². The van der Waals surface area contributed by atoms with Crippen molar-refractivity contribution in [3.05, 3.63) is 0 Å². The lowest BCUT2D eigenvalue weighted by molar-refractivity contribution is 0.188. The molecule has 0 spiro atoms. The minimum atomic E-state index is -3.18. The van der Waals surface area contributed by atoms with Crippen LogP contribution in [0.5, 0.6) is 0 Å². The summed E-state index contributed by atoms with van der Waals surface area (Å²) in [6.07, 6.45) is 0.698. The van der Waals surface area contributed by atoms with E-state index in [2.05, 4.69) is 14.9 Å². The molecule has 0 bridgehead atoms. The van der Waals surface area contributed by atoms with Gasteiger partial charge in [0, 0.05) is 52.5 Å². The molecule has 1 unspecified atom stereocenters. The Morgan fingerprint density at radius 2 is 2.06 bits per heavy atom. The Kier molecular flexibility index (Phi) is 7.10. The van der Waals surface area contributed by atoms with Gasteiger partial charge in [-0.15, -0.1) is 0 Å². The monoisotopic (exact) mass is 279 g/mol. The average Bonchev–Trinajstić information content (AvgIpc) is 2.35. The summed E-state index contributed by atoms with van der Waals surface area (Å²) in [5.74, 6) is 0.171. The van der Waals surface area contributed by atoms with Gasteiger partial charge in [-0.1, -0.05) is 0 Å². The summed E-state index contributed by atoms with van der Waals surface area (Å²) in [4.78, 5) is 2.18. The fraction of sp³-hybridized carbons (Fsp3) is 1.00. The second-order valence-electron chi connectivity index (χ2n) is 4.71. The fourth-order valence-electron chi connectivity index (χ4n) is 1.90. The molecule has 0 aromatic rings. The molecule has 1 aliphatic heterocycles. The molecule has 0 aliphatic carbocycles. The van der Waals surface area contributed by atoms with Gasteiger partial charge in [0.1, 0.15) is 0 Å². The number of piperazine rings is 1. The molecule has 1 fully saturated rings. The zero-order chi connectivity index (χ0) is 13.4. The van der Waals surface area contributed by atoms with Crippen LogP contribution in [-0.2, 0) is 14.8 Å². The van der Waals surface area contributed by atoms with Crippen LogP contribution < -0.4 is 10.0 Å². The van der Waals surface area contributed by atoms with Gasteiger partial charge in [0.15, 0.2) is 0 Å². The molecule has 1 saturated heterocycles. The van der Waals surface area contributed by atoms with Gasteiger partial charge in [-0.2, -0.15) is 0 Å². The van der Waals surface area contributed by atoms with Crippen molar-refractivity contribution in [2.24, 2.45) is 0 Å². The Labute approximate surface area is 110 Å². The minimum absolute atomic E-state index is 0.0713. The molecule has 1 heterocycles. The molecule has 0 saturated carbocycles. The van der Waals surface area contributed by atoms with Crippen LogP contribution in [0, 0.1) is 0 Å². The Balaban J connectivity index is 2.25. The summed E-state index contributed by atoms with van der Waals surface area (Å²) in [5.41, 5.74) is 0. The number of ether oxygens (including phenoxy) is 1. The van der Waals surface area contributed by atoms with Crippen molar-refractivity contribution in [3.63, 3.8) is 0 Å². The molecular weight excluding hydrogens is 254 g/mol. The molecule has 0 aromatic heterocycles. The van der Waals surface area contributed by atoms with Crippen molar-refractivity contribution in [1.82, 2.24) is 14.9 Å². The summed E-state index contributed by atoms with van der Waals surface area (Å²) in [6, 6.07) is -0.0713. The van der Waals surface area contributed by atoms with E-state index in [9.17, 15) is 8.42 Å². The van der Waals surface area contributed by atoms with Crippen LogP contribution in [0.4, 0.5) is 0 Å². The first-order chi connectivity index (χ1) is 8.53. The molecule has 0 aromatic carbocycles. The lowest BCUT2D eigenvalue weighted by Gasteiger charge is -2.27. The molecule has 2 N–H and O–H groups in total. The van der Waals surface area contributed by atoms with Crippen molar-refractivity contribution in [1.29, 1.82) is 0 Å². The third kappa shape index (κ3) is 6.65. The number of nitrogens with zero attached hydrogens (tertiary/aromatic N) is 1. The van der Waals surface area contributed by atoms with Gasteiger partial charge in [-0.3, -0.25) is 4.90 Å². The quantitative estimate of drug-likeness (QED) is 0.611. The van der Waals surface area contributed by atoms with Gasteiger partial charge in [0.05, 0.1) is 5.75 Å². The van der Waals surface area contributed by atoms with E-state index >= 15 is 0 Å². The number of rotatable bonds is 8. The lowest BCUT2D eigenvalue weighted by atomic mass is 10.3. The number of sulfonamides is 1. The van der Waals surface area contributed by atoms with E-state index in [0.29, 0.717) is 19.6 Å². The Bertz CT molecular complexity index is 315. The van der Waals surface area contributed by atoms with Crippen LogP contribution in [0.15, 0.2) is 0 Å². The van der Waals surface area contributed by atoms with E-state index in [0.717, 1.165) is 26.2 Å². The van der Waals surface area contributed by atoms with Gasteiger partial charge in [0.25, 0.3) is 0 Å². The Hall–Kier alpha value is -0.210. The van der Waals surface area contributed by atoms with Crippen LogP contribution in [0.3, 0.4) is 0 Å². The molecule has 1 rings (SSSR count). The second kappa shape index (κ2) is 8.06. The average molecular weight is 279 g/mol. The topological polar surface area (TPSA) is 70.7 Å². The zero-order valence-electron chi connectivity index (χ0n) is 11.3. The van der Waals surface area contributed by atoms with E-state index in [1.54, 1.807) is 7.11 Å². The van der Waals surface area contributed by atoms with Crippen LogP contribution in [-0.4, -0.2) is 71.6 Å². The third-order valence-electron chi connectivity index (χ3n) is 3.02. The largest absolute Gasteiger partial charge is 0.385 e. The maximum Gasteiger partial charge on any atom is 0.213 e. The van der Waals surface area contributed by atoms with Gasteiger partial charge in [0.2, 0.25) is 10.0 Å². The van der Waals surface area contributed by atoms with Crippen molar-refractivity contribution in [2.45, 2.75) is 19.4 Å². The smallest absolute Gasteiger partial charge is 0.213 e. The molecule has 0 radical (unpaired) electrons. The molecule has 108 valence electrons. The predicted octanol–water partition coefficient (Wildman–Crippen LogP) is -0.764. The first-order valence-corrected chi connectivity index (χ1v) is 8.11. The first kappa shape index (κ1) is 15.8. The molecule has 1 aliphatic rings. The van der Waals surface area contributed by atoms with Gasteiger partial charge < -0.3 is 10.1 Å². The second-order valence-corrected chi connectivity index (χ2v) is 6.58. The van der Waals surface area contributed by atoms with E-state index in [1.165, 1.54) is 0 Å². The normalized spacial score (nSPS) is 19.9. The standard InChI is InChI=1S/C11H25N3O3S/c1-11(3-9-17-2)13-18(15,16)10-8-14-6-4-12-5-7-14/h11-13H,3-10H2,1-2H3. The Morgan fingerprint density at radius 1 is 1.39 bits per heavy atom. The van der Waals surface area contributed by atoms with Crippen LogP contribution in [0.2, 0.25) is 0 Å².